The van der Waals surface area contributed by atoms with E-state index >= 15 is 0 Å². The van der Waals surface area contributed by atoms with E-state index in [0.717, 1.165) is 18.3 Å². The molecule has 1 aromatic heterocycles. The molecule has 0 spiro atoms. The monoisotopic (exact) mass is 363 g/mol. The summed E-state index contributed by atoms with van der Waals surface area (Å²) in [6.07, 6.45) is 2.04. The Hall–Kier alpha value is -1.74. The number of halogens is 3. The van der Waals surface area contributed by atoms with Crippen molar-refractivity contribution in [3.8, 4) is 0 Å². The lowest BCUT2D eigenvalue weighted by atomic mass is 10.3. The average Bonchev–Trinajstić information content (AvgIpc) is 2.36. The molecule has 0 amide bonds. The molecule has 0 aliphatic heterocycles. The molecule has 0 aliphatic carbocycles. The highest BCUT2D eigenvalue weighted by Crippen LogP contribution is 2.27. The Bertz CT molecular complexity index is 768. The summed E-state index contributed by atoms with van der Waals surface area (Å²) in [5.41, 5.74) is 5.19. The maximum atomic E-state index is 13.9. The zero-order chi connectivity index (χ0) is 14.9. The van der Waals surface area contributed by atoms with Crippen molar-refractivity contribution in [3.63, 3.8) is 0 Å². The van der Waals surface area contributed by atoms with Gasteiger partial charge in [0.2, 0.25) is 0 Å². The number of benzene rings is 1. The van der Waals surface area contributed by atoms with Crippen LogP contribution in [0.5, 0.6) is 0 Å². The highest BCUT2D eigenvalue weighted by atomic mass is 79.9. The molecule has 5 nitrogen and oxygen atoms in total. The van der Waals surface area contributed by atoms with E-state index in [9.17, 15) is 17.2 Å². The quantitative estimate of drug-likeness (QED) is 0.820. The predicted molar refractivity (Wildman–Crippen MR) is 73.5 cm³/mol. The van der Waals surface area contributed by atoms with Crippen LogP contribution in [0.15, 0.2) is 40.0 Å². The molecule has 0 aliphatic rings. The first-order chi connectivity index (χ1) is 9.31. The fraction of sp³-hybridized carbons (Fsp3) is 0. The molecule has 2 aromatic rings. The third-order valence-electron chi connectivity index (χ3n) is 2.32. The standard InChI is InChI=1S/C11H8BrF2N3O2S/c12-7-3-6(15)4-10(11(7)14)20(18,19)17-9-1-2-16-5-8(9)13/h1-5H,15H2,(H,16,17). The van der Waals surface area contributed by atoms with Crippen LogP contribution < -0.4 is 10.5 Å². The van der Waals surface area contributed by atoms with Crippen LogP contribution in [0.2, 0.25) is 0 Å². The van der Waals surface area contributed by atoms with Crippen LogP contribution in [0.25, 0.3) is 0 Å². The molecule has 0 bridgehead atoms. The smallest absolute Gasteiger partial charge is 0.265 e. The fourth-order valence-corrected chi connectivity index (χ4v) is 3.25. The molecule has 106 valence electrons. The molecule has 20 heavy (non-hydrogen) atoms. The minimum atomic E-state index is -4.31. The van der Waals surface area contributed by atoms with Gasteiger partial charge in [0.1, 0.15) is 4.90 Å². The van der Waals surface area contributed by atoms with Gasteiger partial charge in [0.15, 0.2) is 11.6 Å². The first-order valence-corrected chi connectivity index (χ1v) is 7.46. The van der Waals surface area contributed by atoms with Crippen LogP contribution >= 0.6 is 15.9 Å². The molecular weight excluding hydrogens is 356 g/mol. The van der Waals surface area contributed by atoms with Crippen molar-refractivity contribution in [3.05, 3.63) is 46.7 Å². The number of aromatic nitrogens is 1. The van der Waals surface area contributed by atoms with Crippen molar-refractivity contribution in [2.75, 3.05) is 10.5 Å². The summed E-state index contributed by atoms with van der Waals surface area (Å²) in [6.45, 7) is 0. The molecule has 0 atom stereocenters. The van der Waals surface area contributed by atoms with Gasteiger partial charge in [-0.15, -0.1) is 0 Å². The van der Waals surface area contributed by atoms with Crippen molar-refractivity contribution >= 4 is 37.3 Å². The molecule has 1 aromatic carbocycles. The van der Waals surface area contributed by atoms with Gasteiger partial charge in [0, 0.05) is 11.9 Å². The van der Waals surface area contributed by atoms with Crippen molar-refractivity contribution < 1.29 is 17.2 Å². The Morgan fingerprint density at radius 2 is 2.00 bits per heavy atom. The Labute approximate surface area is 122 Å². The molecule has 0 radical (unpaired) electrons. The van der Waals surface area contributed by atoms with Gasteiger partial charge in [-0.05, 0) is 34.1 Å². The molecule has 1 heterocycles. The minimum Gasteiger partial charge on any atom is -0.399 e. The molecule has 0 saturated heterocycles. The predicted octanol–water partition coefficient (Wildman–Crippen LogP) is 2.51. The van der Waals surface area contributed by atoms with Crippen LogP contribution in [-0.4, -0.2) is 13.4 Å². The third kappa shape index (κ3) is 2.88. The van der Waals surface area contributed by atoms with E-state index in [1.54, 1.807) is 0 Å². The number of nitrogens with zero attached hydrogens (tertiary/aromatic N) is 1. The molecule has 9 heteroatoms. The van der Waals surface area contributed by atoms with Crippen LogP contribution in [0, 0.1) is 11.6 Å². The van der Waals surface area contributed by atoms with Crippen molar-refractivity contribution in [1.82, 2.24) is 4.98 Å². The Morgan fingerprint density at radius 1 is 1.30 bits per heavy atom. The van der Waals surface area contributed by atoms with Crippen LogP contribution in [0.3, 0.4) is 0 Å². The number of rotatable bonds is 3. The summed E-state index contributed by atoms with van der Waals surface area (Å²) in [7, 11) is -4.31. The maximum absolute atomic E-state index is 13.9. The van der Waals surface area contributed by atoms with E-state index in [2.05, 4.69) is 20.9 Å². The number of hydrogen-bond donors (Lipinski definition) is 2. The molecule has 0 unspecified atom stereocenters. The normalized spacial score (nSPS) is 11.3. The van der Waals surface area contributed by atoms with Gasteiger partial charge in [0.25, 0.3) is 10.0 Å². The summed E-state index contributed by atoms with van der Waals surface area (Å²) in [5.74, 6) is -1.89. The Balaban J connectivity index is 2.49. The number of nitrogen functional groups attached to an aromatic ring is 1. The van der Waals surface area contributed by atoms with E-state index in [-0.39, 0.29) is 15.8 Å². The number of anilines is 2. The largest absolute Gasteiger partial charge is 0.399 e. The van der Waals surface area contributed by atoms with E-state index in [4.69, 9.17) is 5.73 Å². The summed E-state index contributed by atoms with van der Waals surface area (Å²) >= 11 is 2.86. The maximum Gasteiger partial charge on any atom is 0.265 e. The average molecular weight is 364 g/mol. The highest BCUT2D eigenvalue weighted by Gasteiger charge is 2.23. The summed E-state index contributed by atoms with van der Waals surface area (Å²) in [6, 6.07) is 3.29. The van der Waals surface area contributed by atoms with Gasteiger partial charge in [-0.1, -0.05) is 0 Å². The first kappa shape index (κ1) is 14.7. The first-order valence-electron chi connectivity index (χ1n) is 5.18. The lowest BCUT2D eigenvalue weighted by molar-refractivity contribution is 0.566. The molecule has 0 saturated carbocycles. The second-order valence-electron chi connectivity index (χ2n) is 3.78. The van der Waals surface area contributed by atoms with Crippen molar-refractivity contribution in [1.29, 1.82) is 0 Å². The zero-order valence-electron chi connectivity index (χ0n) is 9.77. The Kier molecular flexibility index (Phi) is 3.91. The molecular formula is C11H8BrF2N3O2S. The SMILES string of the molecule is Nc1cc(Br)c(F)c(S(=O)(=O)Nc2ccncc2F)c1. The van der Waals surface area contributed by atoms with E-state index in [1.807, 2.05) is 4.72 Å². The van der Waals surface area contributed by atoms with Gasteiger partial charge in [-0.3, -0.25) is 9.71 Å². The molecule has 0 fully saturated rings. The number of pyridine rings is 1. The van der Waals surface area contributed by atoms with Crippen LogP contribution in [0.4, 0.5) is 20.2 Å². The Morgan fingerprint density at radius 3 is 2.65 bits per heavy atom. The van der Waals surface area contributed by atoms with Gasteiger partial charge in [-0.2, -0.15) is 0 Å². The summed E-state index contributed by atoms with van der Waals surface area (Å²) in [5, 5.41) is 0. The lowest BCUT2D eigenvalue weighted by Crippen LogP contribution is -2.16. The topological polar surface area (TPSA) is 85.1 Å². The van der Waals surface area contributed by atoms with Gasteiger partial charge >= 0.3 is 0 Å². The van der Waals surface area contributed by atoms with Gasteiger partial charge in [-0.25, -0.2) is 17.2 Å². The van der Waals surface area contributed by atoms with Gasteiger partial charge in [0.05, 0.1) is 16.4 Å². The van der Waals surface area contributed by atoms with E-state index in [1.165, 1.54) is 12.3 Å². The van der Waals surface area contributed by atoms with Gasteiger partial charge < -0.3 is 5.73 Å². The summed E-state index contributed by atoms with van der Waals surface area (Å²) < 4.78 is 53.2. The summed E-state index contributed by atoms with van der Waals surface area (Å²) in [4.78, 5) is 2.80. The second-order valence-corrected chi connectivity index (χ2v) is 6.28. The number of nitrogens with one attached hydrogen (secondary N) is 1. The van der Waals surface area contributed by atoms with Crippen LogP contribution in [-0.2, 0) is 10.0 Å². The van der Waals surface area contributed by atoms with Crippen LogP contribution in [0.1, 0.15) is 0 Å². The van der Waals surface area contributed by atoms with Crippen molar-refractivity contribution in [2.45, 2.75) is 4.90 Å². The lowest BCUT2D eigenvalue weighted by Gasteiger charge is -2.10. The molecule has 3 N–H and O–H groups in total. The van der Waals surface area contributed by atoms with E-state index < -0.39 is 26.6 Å². The number of sulfonamides is 1. The van der Waals surface area contributed by atoms with E-state index in [0.29, 0.717) is 0 Å². The highest BCUT2D eigenvalue weighted by molar-refractivity contribution is 9.10. The minimum absolute atomic E-state index is 0.0499. The third-order valence-corrected chi connectivity index (χ3v) is 4.27. The molecule has 2 rings (SSSR count). The zero-order valence-corrected chi connectivity index (χ0v) is 12.2. The number of nitrogens with two attached hydrogens (primary N) is 1. The number of hydrogen-bond acceptors (Lipinski definition) is 4. The fourth-order valence-electron chi connectivity index (χ4n) is 1.44. The van der Waals surface area contributed by atoms with Crippen molar-refractivity contribution in [2.24, 2.45) is 0 Å². The second kappa shape index (κ2) is 5.33.